The first-order valence-electron chi connectivity index (χ1n) is 12.2. The average Bonchev–Trinajstić information content (AvgIpc) is 2.87. The number of carbonyl (C=O) groups is 1. The fourth-order valence-electron chi connectivity index (χ4n) is 4.96. The molecule has 8 heteroatoms. The van der Waals surface area contributed by atoms with Crippen molar-refractivity contribution in [2.45, 2.75) is 38.3 Å². The van der Waals surface area contributed by atoms with Gasteiger partial charge in [-0.15, -0.1) is 0 Å². The molecule has 1 aliphatic carbocycles. The van der Waals surface area contributed by atoms with Crippen molar-refractivity contribution >= 4 is 16.7 Å². The predicted molar refractivity (Wildman–Crippen MR) is 129 cm³/mol. The molecule has 4 heterocycles. The van der Waals surface area contributed by atoms with Crippen molar-refractivity contribution < 1.29 is 9.18 Å². The van der Waals surface area contributed by atoms with E-state index < -0.39 is 5.82 Å². The first-order valence-corrected chi connectivity index (χ1v) is 12.2. The zero-order valence-corrected chi connectivity index (χ0v) is 19.6. The van der Waals surface area contributed by atoms with Crippen LogP contribution in [0.25, 0.3) is 22.0 Å². The fraction of sp³-hybridized carbons (Fsp3) is 0.462. The molecule has 7 nitrogen and oxygen atoms in total. The Kier molecular flexibility index (Phi) is 6.78. The molecule has 5 rings (SSSR count). The Morgan fingerprint density at radius 3 is 2.50 bits per heavy atom. The summed E-state index contributed by atoms with van der Waals surface area (Å²) in [7, 11) is 2.12. The summed E-state index contributed by atoms with van der Waals surface area (Å²) in [5, 5.41) is 5.18. The highest BCUT2D eigenvalue weighted by Gasteiger charge is 2.30. The van der Waals surface area contributed by atoms with E-state index in [2.05, 4.69) is 32.1 Å². The third-order valence-corrected chi connectivity index (χ3v) is 7.06. The summed E-state index contributed by atoms with van der Waals surface area (Å²) in [6, 6.07) is 5.39. The Morgan fingerprint density at radius 2 is 1.74 bits per heavy atom. The quantitative estimate of drug-likeness (QED) is 0.622. The Balaban J connectivity index is 1.46. The largest absolute Gasteiger partial charge is 0.335 e. The third kappa shape index (κ3) is 5.08. The number of halogens is 1. The molecule has 1 N–H and O–H groups in total. The maximum Gasteiger partial charge on any atom is 0.224 e. The van der Waals surface area contributed by atoms with E-state index in [1.165, 1.54) is 18.7 Å². The summed E-state index contributed by atoms with van der Waals surface area (Å²) in [6.07, 6.45) is 11.5. The van der Waals surface area contributed by atoms with Gasteiger partial charge in [0.05, 0.1) is 17.6 Å². The summed E-state index contributed by atoms with van der Waals surface area (Å²) in [6.45, 7) is 3.62. The molecule has 1 amide bonds. The zero-order chi connectivity index (χ0) is 23.5. The van der Waals surface area contributed by atoms with Gasteiger partial charge in [0.25, 0.3) is 0 Å². The SMILES string of the molecule is CN1CCN(C(NC(=O)C2CCCCC2)c2cc3cc(-c4cncc(F)c4)ncc3cn2)CC1. The number of nitrogens with zero attached hydrogens (tertiary/aromatic N) is 5. The van der Waals surface area contributed by atoms with Gasteiger partial charge in [0.1, 0.15) is 12.0 Å². The Labute approximate surface area is 199 Å². The van der Waals surface area contributed by atoms with E-state index in [9.17, 15) is 9.18 Å². The molecule has 1 aliphatic heterocycles. The second-order valence-corrected chi connectivity index (χ2v) is 9.50. The highest BCUT2D eigenvalue weighted by molar-refractivity contribution is 5.85. The zero-order valence-electron chi connectivity index (χ0n) is 19.6. The minimum atomic E-state index is -0.393. The first kappa shape index (κ1) is 22.8. The molecule has 1 unspecified atom stereocenters. The van der Waals surface area contributed by atoms with Gasteiger partial charge in [-0.2, -0.15) is 0 Å². The molecule has 178 valence electrons. The maximum absolute atomic E-state index is 13.7. The number of nitrogens with one attached hydrogen (secondary N) is 1. The smallest absolute Gasteiger partial charge is 0.224 e. The normalized spacial score (nSPS) is 19.2. The summed E-state index contributed by atoms with van der Waals surface area (Å²) in [4.78, 5) is 31.0. The number of likely N-dealkylation sites (N-methyl/N-ethyl adjacent to an activating group) is 1. The van der Waals surface area contributed by atoms with Crippen LogP contribution < -0.4 is 5.32 Å². The van der Waals surface area contributed by atoms with Gasteiger partial charge in [0, 0.05) is 61.6 Å². The molecule has 0 aromatic carbocycles. The number of pyridine rings is 3. The lowest BCUT2D eigenvalue weighted by atomic mass is 9.88. The van der Waals surface area contributed by atoms with E-state index in [4.69, 9.17) is 4.98 Å². The summed E-state index contributed by atoms with van der Waals surface area (Å²) in [5.74, 6) is -0.178. The fourth-order valence-corrected chi connectivity index (χ4v) is 4.96. The van der Waals surface area contributed by atoms with E-state index >= 15 is 0 Å². The molecule has 3 aromatic rings. The number of piperazine rings is 1. The van der Waals surface area contributed by atoms with Crippen LogP contribution in [0.5, 0.6) is 0 Å². The lowest BCUT2D eigenvalue weighted by Crippen LogP contribution is -2.51. The van der Waals surface area contributed by atoms with E-state index in [-0.39, 0.29) is 18.0 Å². The first-order chi connectivity index (χ1) is 16.6. The molecule has 0 bridgehead atoms. The lowest BCUT2D eigenvalue weighted by Gasteiger charge is -2.38. The Morgan fingerprint density at radius 1 is 0.971 bits per heavy atom. The molecular weight excluding hydrogens is 431 g/mol. The molecule has 1 saturated heterocycles. The van der Waals surface area contributed by atoms with Gasteiger partial charge in [0.2, 0.25) is 5.91 Å². The molecule has 2 fully saturated rings. The second-order valence-electron chi connectivity index (χ2n) is 9.50. The van der Waals surface area contributed by atoms with Crippen molar-refractivity contribution in [2.75, 3.05) is 33.2 Å². The van der Waals surface area contributed by atoms with Crippen molar-refractivity contribution in [2.24, 2.45) is 5.92 Å². The van der Waals surface area contributed by atoms with Crippen LogP contribution in [0.2, 0.25) is 0 Å². The molecule has 1 saturated carbocycles. The van der Waals surface area contributed by atoms with Gasteiger partial charge < -0.3 is 10.2 Å². The Bertz CT molecular complexity index is 1160. The van der Waals surface area contributed by atoms with Crippen LogP contribution in [0, 0.1) is 11.7 Å². The summed E-state index contributed by atoms with van der Waals surface area (Å²) < 4.78 is 13.7. The van der Waals surface area contributed by atoms with Gasteiger partial charge in [-0.05, 0) is 43.5 Å². The van der Waals surface area contributed by atoms with Crippen LogP contribution in [-0.2, 0) is 4.79 Å². The molecule has 2 aliphatic rings. The molecule has 0 spiro atoms. The monoisotopic (exact) mass is 462 g/mol. The molecular formula is C26H31FN6O. The molecule has 0 radical (unpaired) electrons. The van der Waals surface area contributed by atoms with Crippen LogP contribution in [-0.4, -0.2) is 63.9 Å². The summed E-state index contributed by atoms with van der Waals surface area (Å²) >= 11 is 0. The van der Waals surface area contributed by atoms with Crippen molar-refractivity contribution in [1.29, 1.82) is 0 Å². The van der Waals surface area contributed by atoms with Gasteiger partial charge in [-0.25, -0.2) is 4.39 Å². The number of aromatic nitrogens is 3. The number of hydrogen-bond donors (Lipinski definition) is 1. The van der Waals surface area contributed by atoms with E-state index in [0.29, 0.717) is 11.3 Å². The number of carbonyl (C=O) groups excluding carboxylic acids is 1. The highest BCUT2D eigenvalue weighted by Crippen LogP contribution is 2.28. The van der Waals surface area contributed by atoms with Crippen LogP contribution in [0.3, 0.4) is 0 Å². The average molecular weight is 463 g/mol. The Hall–Kier alpha value is -2.97. The lowest BCUT2D eigenvalue weighted by molar-refractivity contribution is -0.128. The number of amides is 1. The summed E-state index contributed by atoms with van der Waals surface area (Å²) in [5.41, 5.74) is 2.09. The van der Waals surface area contributed by atoms with Crippen molar-refractivity contribution in [1.82, 2.24) is 30.1 Å². The van der Waals surface area contributed by atoms with Gasteiger partial charge in [-0.1, -0.05) is 19.3 Å². The molecule has 1 atom stereocenters. The van der Waals surface area contributed by atoms with Crippen LogP contribution >= 0.6 is 0 Å². The predicted octanol–water partition coefficient (Wildman–Crippen LogP) is 3.77. The molecule has 3 aromatic heterocycles. The topological polar surface area (TPSA) is 74.2 Å². The van der Waals surface area contributed by atoms with Crippen molar-refractivity contribution in [3.63, 3.8) is 0 Å². The van der Waals surface area contributed by atoms with Gasteiger partial charge in [-0.3, -0.25) is 24.6 Å². The van der Waals surface area contributed by atoms with Crippen LogP contribution in [0.4, 0.5) is 4.39 Å². The van der Waals surface area contributed by atoms with Crippen LogP contribution in [0.15, 0.2) is 43.0 Å². The standard InChI is InChI=1S/C26H31FN6O/c1-32-7-9-33(10-8-32)25(31-26(34)18-5-3-2-4-6-18)24-13-19-12-23(29-15-21(19)16-30-24)20-11-22(27)17-28-14-20/h11-18,25H,2-10H2,1H3,(H,31,34). The van der Waals surface area contributed by atoms with E-state index in [0.717, 1.165) is 68.3 Å². The number of hydrogen-bond acceptors (Lipinski definition) is 6. The van der Waals surface area contributed by atoms with Crippen molar-refractivity contribution in [3.05, 3.63) is 54.5 Å². The number of rotatable bonds is 5. The second kappa shape index (κ2) is 10.1. The van der Waals surface area contributed by atoms with E-state index in [1.54, 1.807) is 18.6 Å². The number of fused-ring (bicyclic) bond motifs is 1. The van der Waals surface area contributed by atoms with Gasteiger partial charge in [0.15, 0.2) is 0 Å². The molecule has 34 heavy (non-hydrogen) atoms. The highest BCUT2D eigenvalue weighted by atomic mass is 19.1. The third-order valence-electron chi connectivity index (χ3n) is 7.06. The van der Waals surface area contributed by atoms with Crippen molar-refractivity contribution in [3.8, 4) is 11.3 Å². The minimum absolute atomic E-state index is 0.0838. The van der Waals surface area contributed by atoms with E-state index in [1.807, 2.05) is 12.1 Å². The van der Waals surface area contributed by atoms with Crippen LogP contribution in [0.1, 0.15) is 44.0 Å². The minimum Gasteiger partial charge on any atom is -0.335 e. The maximum atomic E-state index is 13.7. The van der Waals surface area contributed by atoms with Gasteiger partial charge >= 0.3 is 0 Å².